The number of hydrogen-bond donors (Lipinski definition) is 3. The molecule has 5 rings (SSSR count). The maximum absolute atomic E-state index is 14.1. The van der Waals surface area contributed by atoms with E-state index in [1.54, 1.807) is 0 Å². The molecule has 350 valence electrons. The Hall–Kier alpha value is -4.72. The van der Waals surface area contributed by atoms with Gasteiger partial charge in [-0.05, 0) is 0 Å². The number of ether oxygens (including phenoxy) is 12. The van der Waals surface area contributed by atoms with Crippen molar-refractivity contribution in [2.75, 3.05) is 85.6 Å². The van der Waals surface area contributed by atoms with Crippen LogP contribution in [0.5, 0.6) is 0 Å². The van der Waals surface area contributed by atoms with Crippen LogP contribution in [0.15, 0.2) is 0 Å². The van der Waals surface area contributed by atoms with Gasteiger partial charge in [-0.2, -0.15) is 0 Å². The predicted octanol–water partition coefficient (Wildman–Crippen LogP) is -2.50. The molecule has 0 aromatic carbocycles. The summed E-state index contributed by atoms with van der Waals surface area (Å²) < 4.78 is 70.1. The van der Waals surface area contributed by atoms with Gasteiger partial charge in [0.05, 0.1) is 52.2 Å². The first-order valence-electron chi connectivity index (χ1n) is 20.2. The molecule has 5 fully saturated rings. The lowest BCUT2D eigenvalue weighted by Gasteiger charge is -2.52. The van der Waals surface area contributed by atoms with Crippen molar-refractivity contribution in [3.05, 3.63) is 0 Å². The Balaban J connectivity index is 1.96. The number of rotatable bonds is 7. The fourth-order valence-corrected chi connectivity index (χ4v) is 7.35. The molecule has 0 radical (unpaired) electrons. The monoisotopic (exact) mass is 890 g/mol. The van der Waals surface area contributed by atoms with E-state index in [1.165, 1.54) is 4.90 Å². The zero-order valence-electron chi connectivity index (χ0n) is 35.7. The highest BCUT2D eigenvalue weighted by Crippen LogP contribution is 2.41. The molecule has 5 aliphatic heterocycles. The highest BCUT2D eigenvalue weighted by Gasteiger charge is 2.61. The Morgan fingerprint density at radius 1 is 0.613 bits per heavy atom. The molecular weight excluding hydrogens is 832 g/mol. The number of esters is 6. The van der Waals surface area contributed by atoms with Crippen molar-refractivity contribution in [1.82, 2.24) is 20.9 Å². The van der Waals surface area contributed by atoms with Gasteiger partial charge < -0.3 is 77.7 Å². The Morgan fingerprint density at radius 2 is 1.16 bits per heavy atom. The maximum Gasteiger partial charge on any atom is 0.319 e. The van der Waals surface area contributed by atoms with Crippen LogP contribution in [0.25, 0.3) is 0 Å². The van der Waals surface area contributed by atoms with Gasteiger partial charge in [-0.1, -0.05) is 0 Å². The van der Waals surface area contributed by atoms with Crippen molar-refractivity contribution in [1.29, 1.82) is 0 Å². The number of hydrogen-bond acceptors (Lipinski definition) is 21. The summed E-state index contributed by atoms with van der Waals surface area (Å²) in [6, 6.07) is -0.768. The lowest BCUT2D eigenvalue weighted by molar-refractivity contribution is -0.295. The van der Waals surface area contributed by atoms with Crippen molar-refractivity contribution in [3.8, 4) is 0 Å². The van der Waals surface area contributed by atoms with E-state index in [0.29, 0.717) is 6.54 Å². The standard InChI is InChI=1S/C38H58N4O20/c1-20(43)55-19-28-29-31-34(59-24(5)47)33(58-23(4)46)30(56-21(2)44)26(61-31)18-40-36(49)27-17-39-7-10-51-13-14-52-11-8-42(9-12-53-15-16-54-27)38(50)41-37(62-28)35(60-25(6)48)32(29)57-22(3)45/h26-35,37,39H,7-19H2,1-6H3,(H,40,49)(H,41,50)/t26-,27?,28-,29+,30-,31+,32+,33+,34+,35-,37-/m1/s1. The number of nitrogens with zero attached hydrogens (tertiary/aromatic N) is 1. The van der Waals surface area contributed by atoms with E-state index < -0.39 is 128 Å². The van der Waals surface area contributed by atoms with Gasteiger partial charge in [-0.3, -0.25) is 33.6 Å². The fraction of sp³-hybridized carbons (Fsp3) is 0.789. The third-order valence-electron chi connectivity index (χ3n) is 9.77. The Bertz CT molecular complexity index is 1570. The molecule has 0 aromatic rings. The number of urea groups is 1. The van der Waals surface area contributed by atoms with Crippen molar-refractivity contribution in [2.45, 2.75) is 103 Å². The third kappa shape index (κ3) is 15.3. The summed E-state index contributed by atoms with van der Waals surface area (Å²) in [4.78, 5) is 106. The van der Waals surface area contributed by atoms with Crippen LogP contribution in [0.3, 0.4) is 0 Å². The molecule has 5 saturated heterocycles. The summed E-state index contributed by atoms with van der Waals surface area (Å²) in [5.41, 5.74) is 0. The Kier molecular flexibility index (Phi) is 20.0. The van der Waals surface area contributed by atoms with E-state index in [2.05, 4.69) is 16.0 Å². The Labute approximate surface area is 357 Å². The van der Waals surface area contributed by atoms with Gasteiger partial charge in [-0.25, -0.2) is 4.79 Å². The van der Waals surface area contributed by atoms with Gasteiger partial charge in [0, 0.05) is 74.3 Å². The summed E-state index contributed by atoms with van der Waals surface area (Å²) in [6.07, 6.45) is -15.6. The summed E-state index contributed by atoms with van der Waals surface area (Å²) in [6.45, 7) is 6.35. The summed E-state index contributed by atoms with van der Waals surface area (Å²) in [7, 11) is 0. The van der Waals surface area contributed by atoms with Gasteiger partial charge in [0.25, 0.3) is 5.91 Å². The maximum atomic E-state index is 14.1. The highest BCUT2D eigenvalue weighted by atomic mass is 16.7. The summed E-state index contributed by atoms with van der Waals surface area (Å²) >= 11 is 0. The molecule has 24 nitrogen and oxygen atoms in total. The molecule has 0 spiro atoms. The lowest BCUT2D eigenvalue weighted by atomic mass is 9.78. The topological polar surface area (TPSA) is 287 Å². The minimum atomic E-state index is -1.71. The van der Waals surface area contributed by atoms with Gasteiger partial charge in [0.2, 0.25) is 0 Å². The summed E-state index contributed by atoms with van der Waals surface area (Å²) in [5.74, 6) is -7.46. The van der Waals surface area contributed by atoms with Gasteiger partial charge in [0.1, 0.15) is 31.0 Å². The largest absolute Gasteiger partial charge is 0.463 e. The van der Waals surface area contributed by atoms with Crippen LogP contribution in [0.2, 0.25) is 0 Å². The SMILES string of the molecule is CC(=O)OC[C@H]1O[C@H]2NC(=O)N3CCOCCOCCNCC(OCCOCC3)C(=O)NC[C@H]3O[C@H]([C@H](OC(C)=O)[C@@H](OC(C)=O)[C@@H]3OC(C)=O)[C@H]1[C@H](OC(C)=O)[C@H]2OC(C)=O. The normalized spacial score (nSPS) is 32.0. The lowest BCUT2D eigenvalue weighted by Crippen LogP contribution is -2.71. The quantitative estimate of drug-likeness (QED) is 0.176. The van der Waals surface area contributed by atoms with Crippen LogP contribution >= 0.6 is 0 Å². The fourth-order valence-electron chi connectivity index (χ4n) is 7.35. The average molecular weight is 891 g/mol. The molecular formula is C38H58N4O20. The molecule has 5 heterocycles. The van der Waals surface area contributed by atoms with Gasteiger partial charge in [0.15, 0.2) is 36.7 Å². The average Bonchev–Trinajstić information content (AvgIpc) is 3.17. The molecule has 1 unspecified atom stereocenters. The first kappa shape index (κ1) is 49.9. The first-order valence-corrected chi connectivity index (χ1v) is 20.2. The van der Waals surface area contributed by atoms with E-state index in [-0.39, 0.29) is 65.9 Å². The highest BCUT2D eigenvalue weighted by molar-refractivity contribution is 5.81. The molecule has 0 aliphatic carbocycles. The van der Waals surface area contributed by atoms with E-state index in [0.717, 1.165) is 41.5 Å². The second kappa shape index (κ2) is 24.8. The molecule has 6 bridgehead atoms. The molecule has 0 saturated carbocycles. The minimum Gasteiger partial charge on any atom is -0.463 e. The van der Waals surface area contributed by atoms with Gasteiger partial charge in [-0.15, -0.1) is 0 Å². The number of amides is 3. The van der Waals surface area contributed by atoms with E-state index in [9.17, 15) is 38.4 Å². The molecule has 3 N–H and O–H groups in total. The number of carbonyl (C=O) groups excluding carboxylic acids is 8. The minimum absolute atomic E-state index is 0.000396. The van der Waals surface area contributed by atoms with E-state index in [4.69, 9.17) is 56.8 Å². The second-order valence-corrected chi connectivity index (χ2v) is 14.6. The van der Waals surface area contributed by atoms with Gasteiger partial charge >= 0.3 is 41.8 Å². The first-order chi connectivity index (χ1) is 29.5. The van der Waals surface area contributed by atoms with Crippen LogP contribution in [-0.4, -0.2) is 199 Å². The number of nitrogens with one attached hydrogen (secondary N) is 3. The molecule has 24 heteroatoms. The predicted molar refractivity (Wildman–Crippen MR) is 203 cm³/mol. The molecule has 5 aliphatic rings. The zero-order valence-corrected chi connectivity index (χ0v) is 35.7. The molecule has 0 aromatic heterocycles. The van der Waals surface area contributed by atoms with Crippen molar-refractivity contribution in [2.24, 2.45) is 5.92 Å². The van der Waals surface area contributed by atoms with Crippen LogP contribution in [0.1, 0.15) is 41.5 Å². The van der Waals surface area contributed by atoms with E-state index >= 15 is 0 Å². The van der Waals surface area contributed by atoms with Crippen LogP contribution < -0.4 is 16.0 Å². The third-order valence-corrected chi connectivity index (χ3v) is 9.77. The van der Waals surface area contributed by atoms with Crippen LogP contribution in [0, 0.1) is 5.92 Å². The van der Waals surface area contributed by atoms with Crippen LogP contribution in [0.4, 0.5) is 4.79 Å². The smallest absolute Gasteiger partial charge is 0.319 e. The molecule has 62 heavy (non-hydrogen) atoms. The summed E-state index contributed by atoms with van der Waals surface area (Å²) in [5, 5.41) is 8.53. The number of carbonyl (C=O) groups is 8. The van der Waals surface area contributed by atoms with Crippen molar-refractivity contribution >= 4 is 47.8 Å². The Morgan fingerprint density at radius 3 is 1.77 bits per heavy atom. The van der Waals surface area contributed by atoms with Crippen LogP contribution in [-0.2, 0) is 90.4 Å². The second-order valence-electron chi connectivity index (χ2n) is 14.6. The van der Waals surface area contributed by atoms with Crippen molar-refractivity contribution in [3.63, 3.8) is 0 Å². The molecule has 11 atom stereocenters. The zero-order chi connectivity index (χ0) is 45.3. The van der Waals surface area contributed by atoms with E-state index in [1.807, 2.05) is 0 Å². The van der Waals surface area contributed by atoms with Crippen molar-refractivity contribution < 1.29 is 95.2 Å². The number of fused-ring (bicyclic) bond motifs is 5. The molecule has 3 amide bonds.